The standard InChI is InChI=1S/C14H11FN4OS2/c1-7-11(10-6-21-13(16)18-10)22-14(17-7)19-12(20)8-2-4-9(15)5-3-8/h2-6H,1H3,(H2,16,18)(H,17,19,20). The number of hydrogen-bond donors (Lipinski definition) is 2. The van der Waals surface area contributed by atoms with Gasteiger partial charge in [0.1, 0.15) is 5.82 Å². The molecule has 3 rings (SSSR count). The number of benzene rings is 1. The molecule has 0 aliphatic carbocycles. The van der Waals surface area contributed by atoms with Crippen molar-refractivity contribution in [1.29, 1.82) is 0 Å². The Hall–Kier alpha value is -2.32. The molecule has 0 unspecified atom stereocenters. The van der Waals surface area contributed by atoms with Crippen molar-refractivity contribution >= 4 is 38.8 Å². The number of thiazole rings is 2. The molecule has 0 aliphatic heterocycles. The number of hydrogen-bond acceptors (Lipinski definition) is 6. The van der Waals surface area contributed by atoms with Gasteiger partial charge in [-0.3, -0.25) is 10.1 Å². The van der Waals surface area contributed by atoms with Crippen LogP contribution in [0.5, 0.6) is 0 Å². The lowest BCUT2D eigenvalue weighted by atomic mass is 10.2. The first kappa shape index (κ1) is 14.6. The van der Waals surface area contributed by atoms with Crippen molar-refractivity contribution < 1.29 is 9.18 Å². The van der Waals surface area contributed by atoms with Crippen LogP contribution in [0.3, 0.4) is 0 Å². The van der Waals surface area contributed by atoms with E-state index in [0.29, 0.717) is 15.8 Å². The second kappa shape index (κ2) is 5.82. The van der Waals surface area contributed by atoms with Crippen molar-refractivity contribution in [3.63, 3.8) is 0 Å². The van der Waals surface area contributed by atoms with Gasteiger partial charge in [-0.25, -0.2) is 14.4 Å². The summed E-state index contributed by atoms with van der Waals surface area (Å²) in [5.74, 6) is -0.719. The van der Waals surface area contributed by atoms with Gasteiger partial charge >= 0.3 is 0 Å². The molecule has 2 heterocycles. The van der Waals surface area contributed by atoms with E-state index in [0.717, 1.165) is 16.3 Å². The number of nitrogens with two attached hydrogens (primary N) is 1. The minimum atomic E-state index is -0.384. The molecule has 0 atom stereocenters. The monoisotopic (exact) mass is 334 g/mol. The molecule has 0 spiro atoms. The van der Waals surface area contributed by atoms with Gasteiger partial charge in [-0.2, -0.15) is 0 Å². The van der Waals surface area contributed by atoms with E-state index in [4.69, 9.17) is 5.73 Å². The van der Waals surface area contributed by atoms with Crippen molar-refractivity contribution in [3.05, 3.63) is 46.7 Å². The number of rotatable bonds is 3. The molecule has 0 radical (unpaired) electrons. The molecule has 5 nitrogen and oxygen atoms in total. The Labute approximate surface area is 133 Å². The Kier molecular flexibility index (Phi) is 3.86. The zero-order chi connectivity index (χ0) is 15.7. The minimum Gasteiger partial charge on any atom is -0.375 e. The van der Waals surface area contributed by atoms with Crippen molar-refractivity contribution in [2.75, 3.05) is 11.1 Å². The van der Waals surface area contributed by atoms with E-state index in [1.807, 2.05) is 12.3 Å². The summed E-state index contributed by atoms with van der Waals surface area (Å²) in [6.07, 6.45) is 0. The van der Waals surface area contributed by atoms with Crippen molar-refractivity contribution in [3.8, 4) is 10.6 Å². The first-order valence-electron chi connectivity index (χ1n) is 6.28. The number of nitrogen functional groups attached to an aromatic ring is 1. The van der Waals surface area contributed by atoms with Gasteiger partial charge in [-0.05, 0) is 31.2 Å². The number of aromatic nitrogens is 2. The van der Waals surface area contributed by atoms with Crippen molar-refractivity contribution in [2.45, 2.75) is 6.92 Å². The molecular weight excluding hydrogens is 323 g/mol. The van der Waals surface area contributed by atoms with E-state index in [1.165, 1.54) is 46.9 Å². The van der Waals surface area contributed by atoms with Crippen LogP contribution >= 0.6 is 22.7 Å². The minimum absolute atomic E-state index is 0.335. The van der Waals surface area contributed by atoms with E-state index < -0.39 is 0 Å². The Balaban J connectivity index is 1.81. The Bertz CT molecular complexity index is 826. The van der Waals surface area contributed by atoms with Gasteiger partial charge in [0.15, 0.2) is 10.3 Å². The Morgan fingerprint density at radius 2 is 2.00 bits per heavy atom. The topological polar surface area (TPSA) is 80.9 Å². The summed E-state index contributed by atoms with van der Waals surface area (Å²) in [6, 6.07) is 5.33. The van der Waals surface area contributed by atoms with Crippen LogP contribution in [0, 0.1) is 12.7 Å². The number of anilines is 2. The second-order valence-electron chi connectivity index (χ2n) is 4.47. The number of amides is 1. The van der Waals surface area contributed by atoms with E-state index in [2.05, 4.69) is 15.3 Å². The first-order valence-corrected chi connectivity index (χ1v) is 7.98. The highest BCUT2D eigenvalue weighted by Gasteiger charge is 2.15. The predicted octanol–water partition coefficient (Wildman–Crippen LogP) is 3.55. The summed E-state index contributed by atoms with van der Waals surface area (Å²) < 4.78 is 12.9. The smallest absolute Gasteiger partial charge is 0.257 e. The van der Waals surface area contributed by atoms with Crippen LogP contribution in [0.1, 0.15) is 16.1 Å². The van der Waals surface area contributed by atoms with Gasteiger partial charge < -0.3 is 5.73 Å². The van der Waals surface area contributed by atoms with Gasteiger partial charge in [0.05, 0.1) is 16.3 Å². The maximum Gasteiger partial charge on any atom is 0.257 e. The Morgan fingerprint density at radius 3 is 2.64 bits per heavy atom. The normalized spacial score (nSPS) is 10.6. The first-order chi connectivity index (χ1) is 10.5. The molecule has 0 fully saturated rings. The lowest BCUT2D eigenvalue weighted by Gasteiger charge is -2.00. The average molecular weight is 334 g/mol. The number of carbonyl (C=O) groups excluding carboxylic acids is 1. The van der Waals surface area contributed by atoms with Gasteiger partial charge in [-0.1, -0.05) is 11.3 Å². The third-order valence-corrected chi connectivity index (χ3v) is 4.65. The molecule has 0 aliphatic rings. The van der Waals surface area contributed by atoms with E-state index >= 15 is 0 Å². The molecule has 1 amide bonds. The molecule has 8 heteroatoms. The molecule has 0 saturated carbocycles. The Morgan fingerprint density at radius 1 is 1.27 bits per heavy atom. The van der Waals surface area contributed by atoms with Crippen LogP contribution in [0.25, 0.3) is 10.6 Å². The number of nitrogens with one attached hydrogen (secondary N) is 1. The molecular formula is C14H11FN4OS2. The maximum absolute atomic E-state index is 12.9. The largest absolute Gasteiger partial charge is 0.375 e. The van der Waals surface area contributed by atoms with Crippen LogP contribution < -0.4 is 11.1 Å². The molecule has 3 N–H and O–H groups in total. The van der Waals surface area contributed by atoms with Crippen LogP contribution in [0.2, 0.25) is 0 Å². The van der Waals surface area contributed by atoms with Gasteiger partial charge in [0.25, 0.3) is 5.91 Å². The lowest BCUT2D eigenvalue weighted by Crippen LogP contribution is -2.11. The molecule has 112 valence electrons. The lowest BCUT2D eigenvalue weighted by molar-refractivity contribution is 0.102. The molecule has 3 aromatic rings. The zero-order valence-electron chi connectivity index (χ0n) is 11.5. The van der Waals surface area contributed by atoms with Crippen LogP contribution in [0.4, 0.5) is 14.7 Å². The summed E-state index contributed by atoms with van der Waals surface area (Å²) in [6.45, 7) is 1.84. The number of aryl methyl sites for hydroxylation is 1. The van der Waals surface area contributed by atoms with Crippen molar-refractivity contribution in [2.24, 2.45) is 0 Å². The third-order valence-electron chi connectivity index (χ3n) is 2.88. The third kappa shape index (κ3) is 2.97. The van der Waals surface area contributed by atoms with E-state index in [1.54, 1.807) is 0 Å². The number of nitrogens with zero attached hydrogens (tertiary/aromatic N) is 2. The SMILES string of the molecule is Cc1nc(NC(=O)c2ccc(F)cc2)sc1-c1csc(N)n1. The van der Waals surface area contributed by atoms with Crippen molar-refractivity contribution in [1.82, 2.24) is 9.97 Å². The summed E-state index contributed by atoms with van der Waals surface area (Å²) in [5, 5.41) is 5.51. The summed E-state index contributed by atoms with van der Waals surface area (Å²) in [7, 11) is 0. The highest BCUT2D eigenvalue weighted by atomic mass is 32.1. The van der Waals surface area contributed by atoms with Gasteiger partial charge in [0, 0.05) is 10.9 Å². The highest BCUT2D eigenvalue weighted by molar-refractivity contribution is 7.19. The molecule has 0 saturated heterocycles. The van der Waals surface area contributed by atoms with E-state index in [-0.39, 0.29) is 11.7 Å². The van der Waals surface area contributed by atoms with Gasteiger partial charge in [0.2, 0.25) is 0 Å². The summed E-state index contributed by atoms with van der Waals surface area (Å²) in [5.41, 5.74) is 7.52. The maximum atomic E-state index is 12.9. The zero-order valence-corrected chi connectivity index (χ0v) is 13.1. The molecule has 22 heavy (non-hydrogen) atoms. The highest BCUT2D eigenvalue weighted by Crippen LogP contribution is 2.33. The fourth-order valence-corrected chi connectivity index (χ4v) is 3.40. The quantitative estimate of drug-likeness (QED) is 0.767. The fraction of sp³-hybridized carbons (Fsp3) is 0.0714. The van der Waals surface area contributed by atoms with Gasteiger partial charge in [-0.15, -0.1) is 11.3 Å². The molecule has 1 aromatic carbocycles. The van der Waals surface area contributed by atoms with E-state index in [9.17, 15) is 9.18 Å². The second-order valence-corrected chi connectivity index (χ2v) is 6.35. The number of carbonyl (C=O) groups is 1. The summed E-state index contributed by atoms with van der Waals surface area (Å²) >= 11 is 2.68. The fourth-order valence-electron chi connectivity index (χ4n) is 1.85. The summed E-state index contributed by atoms with van der Waals surface area (Å²) in [4.78, 5) is 21.5. The predicted molar refractivity (Wildman–Crippen MR) is 86.7 cm³/mol. The van der Waals surface area contributed by atoms with Crippen LogP contribution in [0.15, 0.2) is 29.6 Å². The molecule has 0 bridgehead atoms. The average Bonchev–Trinajstić information content (AvgIpc) is 3.05. The molecule has 2 aromatic heterocycles. The number of halogens is 1. The van der Waals surface area contributed by atoms with Crippen LogP contribution in [-0.4, -0.2) is 15.9 Å². The van der Waals surface area contributed by atoms with Crippen LogP contribution in [-0.2, 0) is 0 Å².